The van der Waals surface area contributed by atoms with Gasteiger partial charge in [-0.2, -0.15) is 0 Å². The molecule has 1 aromatic heterocycles. The van der Waals surface area contributed by atoms with E-state index in [1.165, 1.54) is 40.5 Å². The quantitative estimate of drug-likeness (QED) is 0.497. The van der Waals surface area contributed by atoms with E-state index in [9.17, 15) is 18.8 Å². The summed E-state index contributed by atoms with van der Waals surface area (Å²) in [5, 5.41) is 0.814. The molecule has 9 heteroatoms. The Morgan fingerprint density at radius 2 is 1.82 bits per heavy atom. The summed E-state index contributed by atoms with van der Waals surface area (Å²) in [6.07, 6.45) is -0.00613. The SMILES string of the molecule is CC(OC(=O)C1CCN(C(=O)c2ccc(F)cc2)CC1)C(=O)N(C)Cc1nc2ccccc2s1. The second-order valence-electron chi connectivity index (χ2n) is 8.42. The molecule has 34 heavy (non-hydrogen) atoms. The summed E-state index contributed by atoms with van der Waals surface area (Å²) in [7, 11) is 1.66. The van der Waals surface area contributed by atoms with Crippen molar-refractivity contribution in [1.82, 2.24) is 14.8 Å². The van der Waals surface area contributed by atoms with Crippen LogP contribution in [0.15, 0.2) is 48.5 Å². The van der Waals surface area contributed by atoms with Gasteiger partial charge in [0.2, 0.25) is 0 Å². The molecular weight excluding hydrogens is 457 g/mol. The fraction of sp³-hybridized carbons (Fsp3) is 0.360. The number of carbonyl (C=O) groups excluding carboxylic acids is 3. The highest BCUT2D eigenvalue weighted by atomic mass is 32.1. The van der Waals surface area contributed by atoms with Crippen molar-refractivity contribution in [3.05, 3.63) is 64.9 Å². The number of fused-ring (bicyclic) bond motifs is 1. The first-order chi connectivity index (χ1) is 16.3. The molecule has 2 heterocycles. The number of hydrogen-bond donors (Lipinski definition) is 0. The number of benzene rings is 2. The van der Waals surface area contributed by atoms with Gasteiger partial charge < -0.3 is 14.5 Å². The number of amides is 2. The maximum atomic E-state index is 13.1. The average Bonchev–Trinajstić information content (AvgIpc) is 3.25. The predicted octanol–water partition coefficient (Wildman–Crippen LogP) is 3.88. The van der Waals surface area contributed by atoms with Crippen LogP contribution in [0.4, 0.5) is 4.39 Å². The molecule has 0 saturated carbocycles. The number of piperidine rings is 1. The van der Waals surface area contributed by atoms with Gasteiger partial charge in [0.25, 0.3) is 11.8 Å². The number of likely N-dealkylation sites (N-methyl/N-ethyl adjacent to an activating group) is 1. The van der Waals surface area contributed by atoms with Crippen LogP contribution in [0.3, 0.4) is 0 Å². The molecule has 0 aliphatic carbocycles. The third kappa shape index (κ3) is 5.41. The minimum atomic E-state index is -0.911. The van der Waals surface area contributed by atoms with E-state index in [0.717, 1.165) is 15.2 Å². The molecular formula is C25H26FN3O4S. The monoisotopic (exact) mass is 483 g/mol. The molecule has 7 nitrogen and oxygen atoms in total. The van der Waals surface area contributed by atoms with Gasteiger partial charge in [-0.3, -0.25) is 14.4 Å². The zero-order valence-corrected chi connectivity index (χ0v) is 19.9. The number of hydrogen-bond acceptors (Lipinski definition) is 6. The Morgan fingerprint density at radius 3 is 2.50 bits per heavy atom. The van der Waals surface area contributed by atoms with Gasteiger partial charge in [0.05, 0.1) is 22.7 Å². The van der Waals surface area contributed by atoms with Gasteiger partial charge in [0.15, 0.2) is 6.10 Å². The van der Waals surface area contributed by atoms with E-state index >= 15 is 0 Å². The largest absolute Gasteiger partial charge is 0.452 e. The van der Waals surface area contributed by atoms with Crippen molar-refractivity contribution >= 4 is 39.3 Å². The minimum Gasteiger partial charge on any atom is -0.452 e. The summed E-state index contributed by atoms with van der Waals surface area (Å²) in [6, 6.07) is 13.2. The number of para-hydroxylation sites is 1. The van der Waals surface area contributed by atoms with Crippen molar-refractivity contribution in [1.29, 1.82) is 0 Å². The molecule has 1 fully saturated rings. The van der Waals surface area contributed by atoms with Gasteiger partial charge in [0.1, 0.15) is 10.8 Å². The number of thiazole rings is 1. The van der Waals surface area contributed by atoms with Crippen molar-refractivity contribution < 1.29 is 23.5 Å². The molecule has 3 aromatic rings. The smallest absolute Gasteiger partial charge is 0.309 e. The summed E-state index contributed by atoms with van der Waals surface area (Å²) in [5.41, 5.74) is 1.31. The summed E-state index contributed by atoms with van der Waals surface area (Å²) in [5.74, 6) is -1.68. The normalized spacial score (nSPS) is 15.2. The number of aromatic nitrogens is 1. The highest BCUT2D eigenvalue weighted by Crippen LogP contribution is 2.24. The zero-order chi connectivity index (χ0) is 24.2. The molecule has 0 spiro atoms. The lowest BCUT2D eigenvalue weighted by atomic mass is 9.96. The van der Waals surface area contributed by atoms with Crippen LogP contribution in [-0.2, 0) is 20.9 Å². The van der Waals surface area contributed by atoms with E-state index in [0.29, 0.717) is 38.0 Å². The first kappa shape index (κ1) is 23.8. The zero-order valence-electron chi connectivity index (χ0n) is 19.1. The van der Waals surface area contributed by atoms with Crippen molar-refractivity contribution in [3.8, 4) is 0 Å². The Kier molecular flexibility index (Phi) is 7.21. The van der Waals surface area contributed by atoms with E-state index in [4.69, 9.17) is 4.74 Å². The highest BCUT2D eigenvalue weighted by molar-refractivity contribution is 7.18. The lowest BCUT2D eigenvalue weighted by Gasteiger charge is -2.31. The van der Waals surface area contributed by atoms with Crippen molar-refractivity contribution in [2.75, 3.05) is 20.1 Å². The number of carbonyl (C=O) groups is 3. The van der Waals surface area contributed by atoms with Crippen LogP contribution in [0.5, 0.6) is 0 Å². The number of esters is 1. The molecule has 0 N–H and O–H groups in total. The van der Waals surface area contributed by atoms with Gasteiger partial charge in [-0.25, -0.2) is 9.37 Å². The first-order valence-electron chi connectivity index (χ1n) is 11.2. The minimum absolute atomic E-state index is 0.188. The van der Waals surface area contributed by atoms with Crippen LogP contribution in [0.25, 0.3) is 10.2 Å². The predicted molar refractivity (Wildman–Crippen MR) is 127 cm³/mol. The summed E-state index contributed by atoms with van der Waals surface area (Å²) < 4.78 is 19.6. The summed E-state index contributed by atoms with van der Waals surface area (Å²) >= 11 is 1.53. The number of nitrogens with zero attached hydrogens (tertiary/aromatic N) is 3. The second kappa shape index (κ2) is 10.3. The molecule has 178 valence electrons. The van der Waals surface area contributed by atoms with Gasteiger partial charge in [-0.15, -0.1) is 11.3 Å². The van der Waals surface area contributed by atoms with E-state index in [1.54, 1.807) is 18.9 Å². The number of halogens is 1. The van der Waals surface area contributed by atoms with Gasteiger partial charge in [-0.1, -0.05) is 12.1 Å². The maximum Gasteiger partial charge on any atom is 0.309 e. The Bertz CT molecular complexity index is 1160. The van der Waals surface area contributed by atoms with Crippen LogP contribution in [-0.4, -0.2) is 58.8 Å². The molecule has 2 aromatic carbocycles. The first-order valence-corrected chi connectivity index (χ1v) is 12.0. The van der Waals surface area contributed by atoms with E-state index in [1.807, 2.05) is 24.3 Å². The molecule has 1 unspecified atom stereocenters. The Morgan fingerprint density at radius 1 is 1.15 bits per heavy atom. The van der Waals surface area contributed by atoms with Crippen LogP contribution < -0.4 is 0 Å². The van der Waals surface area contributed by atoms with Crippen LogP contribution in [0.2, 0.25) is 0 Å². The third-order valence-corrected chi connectivity index (χ3v) is 6.96. The Balaban J connectivity index is 1.26. The van der Waals surface area contributed by atoms with Crippen LogP contribution in [0, 0.1) is 11.7 Å². The lowest BCUT2D eigenvalue weighted by molar-refractivity contribution is -0.163. The topological polar surface area (TPSA) is 79.8 Å². The molecule has 2 amide bonds. The number of ether oxygens (including phenoxy) is 1. The molecule has 0 radical (unpaired) electrons. The number of rotatable bonds is 6. The van der Waals surface area contributed by atoms with Crippen molar-refractivity contribution in [2.45, 2.75) is 32.4 Å². The van der Waals surface area contributed by atoms with E-state index in [2.05, 4.69) is 4.98 Å². The highest BCUT2D eigenvalue weighted by Gasteiger charge is 2.31. The van der Waals surface area contributed by atoms with Crippen molar-refractivity contribution in [2.24, 2.45) is 5.92 Å². The average molecular weight is 484 g/mol. The fourth-order valence-corrected chi connectivity index (χ4v) is 5.01. The van der Waals surface area contributed by atoms with Gasteiger partial charge in [0, 0.05) is 25.7 Å². The van der Waals surface area contributed by atoms with Gasteiger partial charge >= 0.3 is 5.97 Å². The van der Waals surface area contributed by atoms with Gasteiger partial charge in [-0.05, 0) is 56.2 Å². The second-order valence-corrected chi connectivity index (χ2v) is 9.54. The van der Waals surface area contributed by atoms with Crippen LogP contribution >= 0.6 is 11.3 Å². The Labute approximate surface area is 201 Å². The molecule has 1 aliphatic heterocycles. The number of likely N-dealkylation sites (tertiary alicyclic amines) is 1. The molecule has 0 bridgehead atoms. The van der Waals surface area contributed by atoms with Crippen molar-refractivity contribution in [3.63, 3.8) is 0 Å². The maximum absolute atomic E-state index is 13.1. The van der Waals surface area contributed by atoms with E-state index < -0.39 is 17.9 Å². The molecule has 1 aliphatic rings. The standard InChI is InChI=1S/C25H26FN3O4S/c1-16(23(30)28(2)15-22-27-20-5-3-4-6-21(20)34-22)33-25(32)18-11-13-29(14-12-18)24(31)17-7-9-19(26)10-8-17/h3-10,16,18H,11-15H2,1-2H3. The van der Waals surface area contributed by atoms with Crippen LogP contribution in [0.1, 0.15) is 35.1 Å². The lowest BCUT2D eigenvalue weighted by Crippen LogP contribution is -2.42. The molecule has 1 atom stereocenters. The third-order valence-electron chi connectivity index (χ3n) is 5.93. The molecule has 4 rings (SSSR count). The van der Waals surface area contributed by atoms with E-state index in [-0.39, 0.29) is 17.7 Å². The fourth-order valence-electron chi connectivity index (χ4n) is 3.99. The Hall–Kier alpha value is -3.33. The summed E-state index contributed by atoms with van der Waals surface area (Å²) in [4.78, 5) is 45.7. The summed E-state index contributed by atoms with van der Waals surface area (Å²) in [6.45, 7) is 2.71. The molecule has 1 saturated heterocycles.